The van der Waals surface area contributed by atoms with Gasteiger partial charge in [0.1, 0.15) is 5.60 Å². The first-order chi connectivity index (χ1) is 8.28. The maximum absolute atomic E-state index is 11.6. The molecule has 0 aliphatic carbocycles. The van der Waals surface area contributed by atoms with Crippen molar-refractivity contribution >= 4 is 17.6 Å². The van der Waals surface area contributed by atoms with Gasteiger partial charge in [-0.1, -0.05) is 29.8 Å². The number of carbonyl (C=O) groups excluding carboxylic acids is 1. The number of esters is 1. The average Bonchev–Trinajstić information content (AvgIpc) is 2.18. The Morgan fingerprint density at radius 2 is 1.94 bits per heavy atom. The molecule has 0 saturated heterocycles. The molecule has 1 aromatic carbocycles. The molecule has 4 heteroatoms. The number of carbonyl (C=O) groups is 1. The highest BCUT2D eigenvalue weighted by Gasteiger charge is 2.17. The molecule has 0 bridgehead atoms. The van der Waals surface area contributed by atoms with Crippen molar-refractivity contribution in [3.63, 3.8) is 0 Å². The summed E-state index contributed by atoms with van der Waals surface area (Å²) in [5, 5.41) is 0.716. The summed E-state index contributed by atoms with van der Waals surface area (Å²) in [5.41, 5.74) is 0.563. The van der Waals surface area contributed by atoms with E-state index in [4.69, 9.17) is 16.3 Å². The van der Waals surface area contributed by atoms with E-state index in [0.717, 1.165) is 5.56 Å². The third-order valence-corrected chi connectivity index (χ3v) is 2.59. The highest BCUT2D eigenvalue weighted by molar-refractivity contribution is 6.31. The van der Waals surface area contributed by atoms with Crippen molar-refractivity contribution in [1.82, 2.24) is 4.90 Å². The van der Waals surface area contributed by atoms with Crippen LogP contribution in [0.5, 0.6) is 0 Å². The van der Waals surface area contributed by atoms with Crippen molar-refractivity contribution in [2.45, 2.75) is 32.9 Å². The van der Waals surface area contributed by atoms with Crippen molar-refractivity contribution in [3.05, 3.63) is 34.9 Å². The summed E-state index contributed by atoms with van der Waals surface area (Å²) in [6.07, 6.45) is 0. The van der Waals surface area contributed by atoms with Gasteiger partial charge in [0.25, 0.3) is 0 Å². The van der Waals surface area contributed by atoms with Crippen molar-refractivity contribution in [2.24, 2.45) is 0 Å². The summed E-state index contributed by atoms with van der Waals surface area (Å²) >= 11 is 6.07. The van der Waals surface area contributed by atoms with Gasteiger partial charge in [0.05, 0.1) is 6.54 Å². The number of nitrogens with zero attached hydrogens (tertiary/aromatic N) is 1. The fourth-order valence-corrected chi connectivity index (χ4v) is 1.76. The third kappa shape index (κ3) is 5.52. The lowest BCUT2D eigenvalue weighted by Gasteiger charge is -2.22. The van der Waals surface area contributed by atoms with Crippen LogP contribution in [-0.4, -0.2) is 30.1 Å². The van der Waals surface area contributed by atoms with Gasteiger partial charge in [-0.15, -0.1) is 0 Å². The normalized spacial score (nSPS) is 11.7. The van der Waals surface area contributed by atoms with Gasteiger partial charge in [0.2, 0.25) is 0 Å². The van der Waals surface area contributed by atoms with Crippen LogP contribution in [-0.2, 0) is 16.1 Å². The zero-order valence-corrected chi connectivity index (χ0v) is 12.1. The molecule has 0 unspecified atom stereocenters. The Balaban J connectivity index is 2.50. The fourth-order valence-electron chi connectivity index (χ4n) is 1.57. The zero-order valence-electron chi connectivity index (χ0n) is 11.4. The highest BCUT2D eigenvalue weighted by Crippen LogP contribution is 2.16. The van der Waals surface area contributed by atoms with Crippen molar-refractivity contribution in [2.75, 3.05) is 13.6 Å². The smallest absolute Gasteiger partial charge is 0.320 e. The van der Waals surface area contributed by atoms with Gasteiger partial charge < -0.3 is 4.74 Å². The van der Waals surface area contributed by atoms with Crippen LogP contribution in [0, 0.1) is 0 Å². The summed E-state index contributed by atoms with van der Waals surface area (Å²) in [7, 11) is 1.87. The van der Waals surface area contributed by atoms with Crippen LogP contribution >= 0.6 is 11.6 Å². The van der Waals surface area contributed by atoms with Crippen molar-refractivity contribution in [1.29, 1.82) is 0 Å². The maximum atomic E-state index is 11.6. The summed E-state index contributed by atoms with van der Waals surface area (Å²) < 4.78 is 5.26. The number of benzene rings is 1. The first kappa shape index (κ1) is 15.0. The van der Waals surface area contributed by atoms with E-state index in [2.05, 4.69) is 0 Å². The number of rotatable bonds is 4. The topological polar surface area (TPSA) is 29.5 Å². The Morgan fingerprint density at radius 1 is 1.33 bits per heavy atom. The van der Waals surface area contributed by atoms with Gasteiger partial charge in [0, 0.05) is 11.6 Å². The Morgan fingerprint density at radius 3 is 2.50 bits per heavy atom. The summed E-state index contributed by atoms with van der Waals surface area (Å²) in [4.78, 5) is 13.5. The molecule has 0 N–H and O–H groups in total. The van der Waals surface area contributed by atoms with Crippen LogP contribution < -0.4 is 0 Å². The van der Waals surface area contributed by atoms with E-state index >= 15 is 0 Å². The number of halogens is 1. The molecule has 0 spiro atoms. The van der Waals surface area contributed by atoms with E-state index in [1.165, 1.54) is 0 Å². The Kier molecular flexibility index (Phi) is 5.17. The molecule has 0 saturated carbocycles. The van der Waals surface area contributed by atoms with E-state index in [1.807, 2.05) is 57.0 Å². The molecule has 0 atom stereocenters. The molecule has 0 heterocycles. The Bertz CT molecular complexity index is 413. The second kappa shape index (κ2) is 6.21. The predicted octanol–water partition coefficient (Wildman–Crippen LogP) is 3.11. The van der Waals surface area contributed by atoms with Crippen LogP contribution in [0.2, 0.25) is 5.02 Å². The van der Waals surface area contributed by atoms with Crippen LogP contribution in [0.3, 0.4) is 0 Å². The Labute approximate surface area is 114 Å². The summed E-state index contributed by atoms with van der Waals surface area (Å²) in [6.45, 7) is 6.46. The molecule has 1 rings (SSSR count). The van der Waals surface area contributed by atoms with E-state index in [0.29, 0.717) is 11.6 Å². The lowest BCUT2D eigenvalue weighted by Crippen LogP contribution is -2.32. The summed E-state index contributed by atoms with van der Waals surface area (Å²) in [6, 6.07) is 7.62. The predicted molar refractivity (Wildman–Crippen MR) is 73.6 cm³/mol. The number of likely N-dealkylation sites (N-methyl/N-ethyl adjacent to an activating group) is 1. The van der Waals surface area contributed by atoms with E-state index in [-0.39, 0.29) is 12.5 Å². The number of hydrogen-bond acceptors (Lipinski definition) is 3. The lowest BCUT2D eigenvalue weighted by molar-refractivity contribution is -0.155. The van der Waals surface area contributed by atoms with E-state index in [1.54, 1.807) is 0 Å². The number of ether oxygens (including phenoxy) is 1. The van der Waals surface area contributed by atoms with Gasteiger partial charge >= 0.3 is 5.97 Å². The molecule has 0 aromatic heterocycles. The molecule has 0 fully saturated rings. The zero-order chi connectivity index (χ0) is 13.8. The van der Waals surface area contributed by atoms with Gasteiger partial charge in [-0.2, -0.15) is 0 Å². The van der Waals surface area contributed by atoms with Gasteiger partial charge in [-0.3, -0.25) is 9.69 Å². The highest BCUT2D eigenvalue weighted by atomic mass is 35.5. The Hall–Kier alpha value is -1.06. The lowest BCUT2D eigenvalue weighted by atomic mass is 10.2. The standard InChI is InChI=1S/C14H20ClNO2/c1-14(2,3)18-13(17)10-16(4)9-11-7-5-6-8-12(11)15/h5-8H,9-10H2,1-4H3. The minimum atomic E-state index is -0.442. The third-order valence-electron chi connectivity index (χ3n) is 2.22. The summed E-state index contributed by atoms with van der Waals surface area (Å²) in [5.74, 6) is -0.225. The monoisotopic (exact) mass is 269 g/mol. The fraction of sp³-hybridized carbons (Fsp3) is 0.500. The molecule has 0 aliphatic heterocycles. The largest absolute Gasteiger partial charge is 0.459 e. The van der Waals surface area contributed by atoms with E-state index < -0.39 is 5.60 Å². The first-order valence-electron chi connectivity index (χ1n) is 5.92. The molecule has 0 amide bonds. The SMILES string of the molecule is CN(CC(=O)OC(C)(C)C)Cc1ccccc1Cl. The first-order valence-corrected chi connectivity index (χ1v) is 6.29. The van der Waals surface area contributed by atoms with Gasteiger partial charge in [-0.25, -0.2) is 0 Å². The molecular weight excluding hydrogens is 250 g/mol. The van der Waals surface area contributed by atoms with Crippen LogP contribution in [0.1, 0.15) is 26.3 Å². The quantitative estimate of drug-likeness (QED) is 0.787. The molecule has 100 valence electrons. The van der Waals surface area contributed by atoms with Crippen LogP contribution in [0.25, 0.3) is 0 Å². The van der Waals surface area contributed by atoms with E-state index in [9.17, 15) is 4.79 Å². The molecule has 1 aromatic rings. The van der Waals surface area contributed by atoms with Gasteiger partial charge in [0.15, 0.2) is 0 Å². The molecule has 3 nitrogen and oxygen atoms in total. The molecule has 0 radical (unpaired) electrons. The van der Waals surface area contributed by atoms with Crippen LogP contribution in [0.4, 0.5) is 0 Å². The van der Waals surface area contributed by atoms with Crippen molar-refractivity contribution < 1.29 is 9.53 Å². The second-order valence-electron chi connectivity index (χ2n) is 5.35. The molecular formula is C14H20ClNO2. The maximum Gasteiger partial charge on any atom is 0.320 e. The van der Waals surface area contributed by atoms with Crippen molar-refractivity contribution in [3.8, 4) is 0 Å². The average molecular weight is 270 g/mol. The molecule has 18 heavy (non-hydrogen) atoms. The number of hydrogen-bond donors (Lipinski definition) is 0. The minimum absolute atomic E-state index is 0.225. The van der Waals surface area contributed by atoms with Gasteiger partial charge in [-0.05, 0) is 39.4 Å². The minimum Gasteiger partial charge on any atom is -0.459 e. The van der Waals surface area contributed by atoms with Crippen LogP contribution in [0.15, 0.2) is 24.3 Å². The second-order valence-corrected chi connectivity index (χ2v) is 5.76. The molecule has 0 aliphatic rings.